The number of ether oxygens (including phenoxy) is 1. The van der Waals surface area contributed by atoms with Crippen LogP contribution in [0.25, 0.3) is 31.8 Å². The Hall–Kier alpha value is -3.09. The van der Waals surface area contributed by atoms with E-state index in [1.165, 1.54) is 5.57 Å². The molecule has 0 fully saturated rings. The Kier molecular flexibility index (Phi) is 5.26. The summed E-state index contributed by atoms with van der Waals surface area (Å²) >= 11 is 1.59. The summed E-state index contributed by atoms with van der Waals surface area (Å²) < 4.78 is 6.46. The van der Waals surface area contributed by atoms with Crippen LogP contribution in [0.15, 0.2) is 66.2 Å². The van der Waals surface area contributed by atoms with Gasteiger partial charge >= 0.3 is 0 Å². The topological polar surface area (TPSA) is 64.1 Å². The van der Waals surface area contributed by atoms with E-state index in [-0.39, 0.29) is 5.91 Å². The summed E-state index contributed by atoms with van der Waals surface area (Å²) in [5, 5.41) is 4.75. The van der Waals surface area contributed by atoms with Crippen LogP contribution in [-0.2, 0) is 4.74 Å². The third-order valence-corrected chi connectivity index (χ3v) is 6.32. The molecule has 2 aromatic heterocycles. The molecule has 0 saturated carbocycles. The number of hydrogen-bond donors (Lipinski definition) is 1. The van der Waals surface area contributed by atoms with Crippen LogP contribution in [0.2, 0.25) is 0 Å². The number of hydrogen-bond acceptors (Lipinski definition) is 5. The fourth-order valence-electron chi connectivity index (χ4n) is 3.68. The zero-order chi connectivity index (χ0) is 20.3. The van der Waals surface area contributed by atoms with E-state index < -0.39 is 0 Å². The molecule has 0 saturated heterocycles. The quantitative estimate of drug-likeness (QED) is 0.467. The van der Waals surface area contributed by atoms with Crippen molar-refractivity contribution in [2.24, 2.45) is 0 Å². The average Bonchev–Trinajstić information content (AvgIpc) is 3.23. The SMILES string of the molecule is O=C(NCCC1=CCOCC1)c1cc(-c2nc3ccccc3s2)nc2ccccc12. The lowest BCUT2D eigenvalue weighted by Crippen LogP contribution is -2.25. The number of fused-ring (bicyclic) bond motifs is 2. The summed E-state index contributed by atoms with van der Waals surface area (Å²) in [6.45, 7) is 2.04. The highest BCUT2D eigenvalue weighted by molar-refractivity contribution is 7.21. The molecular formula is C24H21N3O2S. The van der Waals surface area contributed by atoms with Crippen molar-refractivity contribution in [3.63, 3.8) is 0 Å². The molecule has 0 unspecified atom stereocenters. The fourth-order valence-corrected chi connectivity index (χ4v) is 4.61. The second-order valence-corrected chi connectivity index (χ2v) is 8.28. The van der Waals surface area contributed by atoms with E-state index in [4.69, 9.17) is 14.7 Å². The van der Waals surface area contributed by atoms with Crippen molar-refractivity contribution < 1.29 is 9.53 Å². The van der Waals surface area contributed by atoms with Crippen molar-refractivity contribution >= 4 is 38.4 Å². The third kappa shape index (κ3) is 3.84. The van der Waals surface area contributed by atoms with Gasteiger partial charge < -0.3 is 10.1 Å². The van der Waals surface area contributed by atoms with Crippen molar-refractivity contribution in [3.8, 4) is 10.7 Å². The molecule has 30 heavy (non-hydrogen) atoms. The minimum atomic E-state index is -0.0800. The van der Waals surface area contributed by atoms with Crippen molar-refractivity contribution in [2.75, 3.05) is 19.8 Å². The van der Waals surface area contributed by atoms with Gasteiger partial charge in [0.1, 0.15) is 10.7 Å². The van der Waals surface area contributed by atoms with Crippen LogP contribution in [0.5, 0.6) is 0 Å². The molecule has 5 rings (SSSR count). The number of aromatic nitrogens is 2. The van der Waals surface area contributed by atoms with Crippen LogP contribution < -0.4 is 5.32 Å². The molecule has 150 valence electrons. The summed E-state index contributed by atoms with van der Waals surface area (Å²) in [6, 6.07) is 17.7. The number of pyridine rings is 1. The molecule has 0 atom stereocenters. The first kappa shape index (κ1) is 18.9. The molecule has 1 N–H and O–H groups in total. The number of carbonyl (C=O) groups is 1. The number of nitrogens with zero attached hydrogens (tertiary/aromatic N) is 2. The van der Waals surface area contributed by atoms with Crippen molar-refractivity contribution in [1.82, 2.24) is 15.3 Å². The smallest absolute Gasteiger partial charge is 0.252 e. The van der Waals surface area contributed by atoms with Gasteiger partial charge in [0, 0.05) is 11.9 Å². The molecule has 6 heteroatoms. The standard InChI is InChI=1S/C24H21N3O2S/c28-23(25-12-9-16-10-13-29-14-11-16)18-15-21(26-19-6-2-1-5-17(18)19)24-27-20-7-3-4-8-22(20)30-24/h1-8,10,15H,9,11-14H2,(H,25,28). The molecule has 1 amide bonds. The third-order valence-electron chi connectivity index (χ3n) is 5.26. The van der Waals surface area contributed by atoms with Crippen LogP contribution >= 0.6 is 11.3 Å². The fraction of sp³-hybridized carbons (Fsp3) is 0.208. The van der Waals surface area contributed by atoms with Gasteiger partial charge in [-0.15, -0.1) is 11.3 Å². The summed E-state index contributed by atoms with van der Waals surface area (Å²) in [5.41, 5.74) is 4.45. The molecular weight excluding hydrogens is 394 g/mol. The van der Waals surface area contributed by atoms with Gasteiger partial charge in [-0.2, -0.15) is 0 Å². The van der Waals surface area contributed by atoms with E-state index in [1.54, 1.807) is 11.3 Å². The molecule has 0 aliphatic carbocycles. The Bertz CT molecular complexity index is 1230. The number of thiazole rings is 1. The minimum Gasteiger partial charge on any atom is -0.377 e. The lowest BCUT2D eigenvalue weighted by molar-refractivity contribution is 0.0955. The van der Waals surface area contributed by atoms with Gasteiger partial charge in [0.2, 0.25) is 0 Å². The molecule has 0 radical (unpaired) electrons. The molecule has 1 aliphatic rings. The van der Waals surface area contributed by atoms with Crippen LogP contribution in [0.3, 0.4) is 0 Å². The van der Waals surface area contributed by atoms with Crippen LogP contribution in [-0.4, -0.2) is 35.6 Å². The molecule has 0 bridgehead atoms. The van der Waals surface area contributed by atoms with Crippen LogP contribution in [0.4, 0.5) is 0 Å². The second kappa shape index (κ2) is 8.34. The molecule has 4 aromatic rings. The van der Waals surface area contributed by atoms with E-state index in [0.717, 1.165) is 51.3 Å². The Labute approximate surface area is 178 Å². The Balaban J connectivity index is 1.45. The lowest BCUT2D eigenvalue weighted by Gasteiger charge is -2.14. The van der Waals surface area contributed by atoms with E-state index in [0.29, 0.717) is 18.7 Å². The Morgan fingerprint density at radius 1 is 1.07 bits per heavy atom. The van der Waals surface area contributed by atoms with E-state index >= 15 is 0 Å². The number of benzene rings is 2. The largest absolute Gasteiger partial charge is 0.377 e. The summed E-state index contributed by atoms with van der Waals surface area (Å²) in [4.78, 5) is 22.6. The van der Waals surface area contributed by atoms with Crippen LogP contribution in [0, 0.1) is 0 Å². The van der Waals surface area contributed by atoms with Gasteiger partial charge in [0.05, 0.1) is 34.5 Å². The first-order valence-corrected chi connectivity index (χ1v) is 10.9. The molecule has 1 aliphatic heterocycles. The summed E-state index contributed by atoms with van der Waals surface area (Å²) in [7, 11) is 0. The molecule has 3 heterocycles. The summed E-state index contributed by atoms with van der Waals surface area (Å²) in [5.74, 6) is -0.0800. The maximum absolute atomic E-state index is 13.1. The molecule has 2 aromatic carbocycles. The van der Waals surface area contributed by atoms with Crippen LogP contribution in [0.1, 0.15) is 23.2 Å². The summed E-state index contributed by atoms with van der Waals surface area (Å²) in [6.07, 6.45) is 3.90. The molecule has 0 spiro atoms. The average molecular weight is 416 g/mol. The lowest BCUT2D eigenvalue weighted by atomic mass is 10.1. The number of nitrogens with one attached hydrogen (secondary N) is 1. The maximum Gasteiger partial charge on any atom is 0.252 e. The first-order chi connectivity index (χ1) is 14.8. The van der Waals surface area contributed by atoms with Gasteiger partial charge in [0.15, 0.2) is 0 Å². The van der Waals surface area contributed by atoms with Gasteiger partial charge in [0.25, 0.3) is 5.91 Å². The second-order valence-electron chi connectivity index (χ2n) is 7.25. The highest BCUT2D eigenvalue weighted by atomic mass is 32.1. The zero-order valence-corrected chi connectivity index (χ0v) is 17.2. The Morgan fingerprint density at radius 3 is 2.73 bits per heavy atom. The predicted octanol–water partition coefficient (Wildman–Crippen LogP) is 4.98. The normalized spacial score (nSPS) is 14.1. The maximum atomic E-state index is 13.1. The first-order valence-electron chi connectivity index (χ1n) is 10.1. The highest BCUT2D eigenvalue weighted by Gasteiger charge is 2.16. The van der Waals surface area contributed by atoms with E-state index in [9.17, 15) is 4.79 Å². The monoisotopic (exact) mass is 415 g/mol. The van der Waals surface area contributed by atoms with E-state index in [1.807, 2.05) is 48.5 Å². The predicted molar refractivity (Wildman–Crippen MR) is 121 cm³/mol. The zero-order valence-electron chi connectivity index (χ0n) is 16.4. The Morgan fingerprint density at radius 2 is 1.90 bits per heavy atom. The number of rotatable bonds is 5. The van der Waals surface area contributed by atoms with Crippen molar-refractivity contribution in [2.45, 2.75) is 12.8 Å². The minimum absolute atomic E-state index is 0.0800. The van der Waals surface area contributed by atoms with Crippen molar-refractivity contribution in [3.05, 3.63) is 71.8 Å². The van der Waals surface area contributed by atoms with E-state index in [2.05, 4.69) is 17.5 Å². The van der Waals surface area contributed by atoms with Gasteiger partial charge in [-0.05, 0) is 37.1 Å². The molecule has 5 nitrogen and oxygen atoms in total. The van der Waals surface area contributed by atoms with Gasteiger partial charge in [-0.1, -0.05) is 42.0 Å². The highest BCUT2D eigenvalue weighted by Crippen LogP contribution is 2.31. The van der Waals surface area contributed by atoms with Gasteiger partial charge in [-0.3, -0.25) is 4.79 Å². The number of amides is 1. The van der Waals surface area contributed by atoms with Crippen molar-refractivity contribution in [1.29, 1.82) is 0 Å². The number of para-hydroxylation sites is 2. The number of carbonyl (C=O) groups excluding carboxylic acids is 1. The van der Waals surface area contributed by atoms with Gasteiger partial charge in [-0.25, -0.2) is 9.97 Å².